The van der Waals surface area contributed by atoms with Crippen molar-refractivity contribution in [2.45, 2.75) is 39.8 Å². The van der Waals surface area contributed by atoms with Crippen molar-refractivity contribution in [2.75, 3.05) is 0 Å². The van der Waals surface area contributed by atoms with Crippen molar-refractivity contribution >= 4 is 11.3 Å². The van der Waals surface area contributed by atoms with E-state index in [-0.39, 0.29) is 0 Å². The molecule has 1 aliphatic carbocycles. The van der Waals surface area contributed by atoms with Crippen LogP contribution in [0.4, 0.5) is 0 Å². The second-order valence-electron chi connectivity index (χ2n) is 3.94. The highest BCUT2D eigenvalue weighted by atomic mass is 32.1. The summed E-state index contributed by atoms with van der Waals surface area (Å²) in [5, 5.41) is 4.73. The van der Waals surface area contributed by atoms with E-state index in [4.69, 9.17) is 0 Å². The molecular formula is C10H16N2S. The predicted molar refractivity (Wildman–Crippen MR) is 56.0 cm³/mol. The van der Waals surface area contributed by atoms with Gasteiger partial charge in [0.15, 0.2) is 0 Å². The van der Waals surface area contributed by atoms with Crippen LogP contribution in [-0.2, 0) is 6.54 Å². The van der Waals surface area contributed by atoms with Gasteiger partial charge in [-0.25, -0.2) is 4.98 Å². The first-order chi connectivity index (χ1) is 6.16. The van der Waals surface area contributed by atoms with Gasteiger partial charge in [0.25, 0.3) is 0 Å². The SMILES string of the molecule is Cc1nc(C)c(CNC2CC2C)s1. The fraction of sp³-hybridized carbons (Fsp3) is 0.700. The Morgan fingerprint density at radius 2 is 2.23 bits per heavy atom. The van der Waals surface area contributed by atoms with Gasteiger partial charge < -0.3 is 5.32 Å². The lowest BCUT2D eigenvalue weighted by atomic mass is 10.4. The fourth-order valence-corrected chi connectivity index (χ4v) is 2.46. The van der Waals surface area contributed by atoms with Crippen LogP contribution < -0.4 is 5.32 Å². The molecule has 13 heavy (non-hydrogen) atoms. The van der Waals surface area contributed by atoms with E-state index in [2.05, 4.69) is 31.1 Å². The quantitative estimate of drug-likeness (QED) is 0.802. The molecule has 0 bridgehead atoms. The molecule has 0 aliphatic heterocycles. The molecule has 2 unspecified atom stereocenters. The average molecular weight is 196 g/mol. The minimum absolute atomic E-state index is 0.766. The number of hydrogen-bond acceptors (Lipinski definition) is 3. The number of nitrogens with one attached hydrogen (secondary N) is 1. The smallest absolute Gasteiger partial charge is 0.0900 e. The lowest BCUT2D eigenvalue weighted by molar-refractivity contribution is 0.655. The number of aryl methyl sites for hydroxylation is 2. The van der Waals surface area contributed by atoms with E-state index in [0.29, 0.717) is 0 Å². The van der Waals surface area contributed by atoms with Gasteiger partial charge in [-0.1, -0.05) is 6.92 Å². The van der Waals surface area contributed by atoms with Crippen molar-refractivity contribution < 1.29 is 0 Å². The molecule has 0 spiro atoms. The standard InChI is InChI=1S/C10H16N2S/c1-6-4-9(6)11-5-10-7(2)12-8(3)13-10/h6,9,11H,4-5H2,1-3H3. The van der Waals surface area contributed by atoms with Crippen molar-refractivity contribution in [2.24, 2.45) is 5.92 Å². The van der Waals surface area contributed by atoms with Gasteiger partial charge in [0.2, 0.25) is 0 Å². The monoisotopic (exact) mass is 196 g/mol. The van der Waals surface area contributed by atoms with Gasteiger partial charge in [-0.15, -0.1) is 11.3 Å². The number of thiazole rings is 1. The largest absolute Gasteiger partial charge is 0.309 e. The van der Waals surface area contributed by atoms with E-state index in [9.17, 15) is 0 Å². The molecular weight excluding hydrogens is 180 g/mol. The van der Waals surface area contributed by atoms with Gasteiger partial charge in [-0.2, -0.15) is 0 Å². The van der Waals surface area contributed by atoms with E-state index in [1.54, 1.807) is 0 Å². The van der Waals surface area contributed by atoms with Crippen LogP contribution >= 0.6 is 11.3 Å². The number of hydrogen-bond donors (Lipinski definition) is 1. The van der Waals surface area contributed by atoms with Crippen molar-refractivity contribution in [1.29, 1.82) is 0 Å². The van der Waals surface area contributed by atoms with Crippen molar-refractivity contribution in [1.82, 2.24) is 10.3 Å². The van der Waals surface area contributed by atoms with Gasteiger partial charge >= 0.3 is 0 Å². The summed E-state index contributed by atoms with van der Waals surface area (Å²) >= 11 is 1.81. The van der Waals surface area contributed by atoms with Crippen LogP contribution in [0.15, 0.2) is 0 Å². The maximum absolute atomic E-state index is 4.41. The van der Waals surface area contributed by atoms with Gasteiger partial charge in [0.1, 0.15) is 0 Å². The highest BCUT2D eigenvalue weighted by molar-refractivity contribution is 7.11. The van der Waals surface area contributed by atoms with Crippen molar-refractivity contribution in [3.05, 3.63) is 15.6 Å². The Labute approximate surface area is 83.4 Å². The third kappa shape index (κ3) is 2.09. The Kier molecular flexibility index (Phi) is 2.39. The van der Waals surface area contributed by atoms with Crippen LogP contribution in [0.25, 0.3) is 0 Å². The lowest BCUT2D eigenvalue weighted by Gasteiger charge is -2.00. The van der Waals surface area contributed by atoms with Gasteiger partial charge in [-0.05, 0) is 26.2 Å². The molecule has 1 N–H and O–H groups in total. The molecule has 2 nitrogen and oxygen atoms in total. The van der Waals surface area contributed by atoms with Gasteiger partial charge in [0.05, 0.1) is 10.7 Å². The molecule has 1 aromatic rings. The lowest BCUT2D eigenvalue weighted by Crippen LogP contribution is -2.16. The van der Waals surface area contributed by atoms with E-state index in [1.807, 2.05) is 11.3 Å². The predicted octanol–water partition coefficient (Wildman–Crippen LogP) is 2.26. The second-order valence-corrected chi connectivity index (χ2v) is 5.23. The Hall–Kier alpha value is -0.410. The van der Waals surface area contributed by atoms with Crippen LogP contribution in [0.2, 0.25) is 0 Å². The van der Waals surface area contributed by atoms with Crippen LogP contribution in [0.1, 0.15) is 28.9 Å². The van der Waals surface area contributed by atoms with Crippen LogP contribution in [0, 0.1) is 19.8 Å². The molecule has 1 aliphatic rings. The van der Waals surface area contributed by atoms with Crippen LogP contribution in [0.5, 0.6) is 0 Å². The maximum Gasteiger partial charge on any atom is 0.0900 e. The zero-order valence-electron chi connectivity index (χ0n) is 8.42. The summed E-state index contributed by atoms with van der Waals surface area (Å²) in [5.41, 5.74) is 1.20. The third-order valence-corrected chi connectivity index (χ3v) is 3.71. The molecule has 0 saturated heterocycles. The summed E-state index contributed by atoms with van der Waals surface area (Å²) < 4.78 is 0. The zero-order chi connectivity index (χ0) is 9.42. The minimum Gasteiger partial charge on any atom is -0.309 e. The minimum atomic E-state index is 0.766. The van der Waals surface area contributed by atoms with E-state index < -0.39 is 0 Å². The number of aromatic nitrogens is 1. The van der Waals surface area contributed by atoms with Gasteiger partial charge in [-0.3, -0.25) is 0 Å². The van der Waals surface area contributed by atoms with E-state index in [1.165, 1.54) is 22.0 Å². The molecule has 0 aromatic carbocycles. The summed E-state index contributed by atoms with van der Waals surface area (Å²) in [6, 6.07) is 0.766. The van der Waals surface area contributed by atoms with E-state index in [0.717, 1.165) is 18.5 Å². The number of rotatable bonds is 3. The summed E-state index contributed by atoms with van der Waals surface area (Å²) in [4.78, 5) is 5.81. The topological polar surface area (TPSA) is 24.9 Å². The molecule has 1 heterocycles. The first-order valence-electron chi connectivity index (χ1n) is 4.83. The Bertz CT molecular complexity index is 306. The number of nitrogens with zero attached hydrogens (tertiary/aromatic N) is 1. The molecule has 1 aromatic heterocycles. The van der Waals surface area contributed by atoms with Crippen molar-refractivity contribution in [3.63, 3.8) is 0 Å². The van der Waals surface area contributed by atoms with Crippen LogP contribution in [-0.4, -0.2) is 11.0 Å². The first kappa shape index (κ1) is 9.16. The summed E-state index contributed by atoms with van der Waals surface area (Å²) in [6.45, 7) is 7.46. The molecule has 2 atom stereocenters. The molecule has 1 saturated carbocycles. The van der Waals surface area contributed by atoms with Crippen LogP contribution in [0.3, 0.4) is 0 Å². The molecule has 1 fully saturated rings. The fourth-order valence-electron chi connectivity index (χ4n) is 1.57. The molecule has 72 valence electrons. The molecule has 0 radical (unpaired) electrons. The molecule has 2 rings (SSSR count). The average Bonchev–Trinajstić information content (AvgIpc) is 2.65. The van der Waals surface area contributed by atoms with E-state index >= 15 is 0 Å². The maximum atomic E-state index is 4.41. The summed E-state index contributed by atoms with van der Waals surface area (Å²) in [6.07, 6.45) is 1.34. The Morgan fingerprint density at radius 1 is 1.54 bits per heavy atom. The second kappa shape index (κ2) is 3.39. The highest BCUT2D eigenvalue weighted by Gasteiger charge is 2.31. The summed E-state index contributed by atoms with van der Waals surface area (Å²) in [5.74, 6) is 0.884. The molecule has 0 amide bonds. The van der Waals surface area contributed by atoms with Crippen molar-refractivity contribution in [3.8, 4) is 0 Å². The summed E-state index contributed by atoms with van der Waals surface area (Å²) in [7, 11) is 0. The van der Waals surface area contributed by atoms with Gasteiger partial charge in [0, 0.05) is 17.5 Å². The Morgan fingerprint density at radius 3 is 2.69 bits per heavy atom. The normalized spacial score (nSPS) is 26.4. The zero-order valence-corrected chi connectivity index (χ0v) is 9.24. The Balaban J connectivity index is 1.90. The third-order valence-electron chi connectivity index (χ3n) is 2.63. The highest BCUT2D eigenvalue weighted by Crippen LogP contribution is 2.29. The molecule has 3 heteroatoms. The first-order valence-corrected chi connectivity index (χ1v) is 5.64.